The van der Waals surface area contributed by atoms with Crippen LogP contribution in [0.1, 0.15) is 19.3 Å². The maximum Gasteiger partial charge on any atom is 0.398 e. The number of amidine groups is 1. The van der Waals surface area contributed by atoms with Crippen molar-refractivity contribution in [3.8, 4) is 0 Å². The number of carboxylic acid groups (broad SMARTS) is 1. The Labute approximate surface area is 158 Å². The SMILES string of the molecule is CN1CCCCC1=Nc1cc(SCC(F)(F)F)c(Cl)cc1Cl.O=CO. The molecule has 0 amide bonds. The van der Waals surface area contributed by atoms with Gasteiger partial charge in [0, 0.05) is 24.9 Å². The molecule has 1 aliphatic heterocycles. The van der Waals surface area contributed by atoms with Crippen molar-refractivity contribution in [1.29, 1.82) is 0 Å². The number of hydrogen-bond donors (Lipinski definition) is 1. The Kier molecular flexibility index (Phi) is 8.88. The minimum atomic E-state index is -4.25. The van der Waals surface area contributed by atoms with Gasteiger partial charge in [-0.1, -0.05) is 23.2 Å². The molecular weight excluding hydrogens is 400 g/mol. The number of rotatable bonds is 3. The molecule has 1 aromatic carbocycles. The van der Waals surface area contributed by atoms with Gasteiger partial charge in [0.05, 0.1) is 21.5 Å². The molecule has 0 bridgehead atoms. The van der Waals surface area contributed by atoms with Crippen LogP contribution in [0.2, 0.25) is 10.0 Å². The van der Waals surface area contributed by atoms with E-state index in [0.29, 0.717) is 27.4 Å². The molecule has 10 heteroatoms. The van der Waals surface area contributed by atoms with Gasteiger partial charge in [-0.05, 0) is 25.0 Å². The molecule has 0 atom stereocenters. The van der Waals surface area contributed by atoms with E-state index in [1.165, 1.54) is 12.1 Å². The number of piperidine rings is 1. The van der Waals surface area contributed by atoms with Crippen molar-refractivity contribution in [2.45, 2.75) is 30.3 Å². The number of halogens is 5. The Bertz CT molecular complexity index is 628. The summed E-state index contributed by atoms with van der Waals surface area (Å²) in [4.78, 5) is 15.2. The second kappa shape index (κ2) is 10.1. The molecule has 0 aliphatic carbocycles. The zero-order chi connectivity index (χ0) is 19.0. The van der Waals surface area contributed by atoms with Crippen LogP contribution in [0.5, 0.6) is 0 Å². The van der Waals surface area contributed by atoms with Gasteiger partial charge in [-0.15, -0.1) is 11.8 Å². The summed E-state index contributed by atoms with van der Waals surface area (Å²) < 4.78 is 37.1. The highest BCUT2D eigenvalue weighted by Crippen LogP contribution is 2.38. The van der Waals surface area contributed by atoms with Crippen LogP contribution >= 0.6 is 35.0 Å². The van der Waals surface area contributed by atoms with Crippen LogP contribution in [0.3, 0.4) is 0 Å². The predicted molar refractivity (Wildman–Crippen MR) is 95.5 cm³/mol. The third-order valence-corrected chi connectivity index (χ3v) is 5.07. The van der Waals surface area contributed by atoms with Crippen LogP contribution in [-0.2, 0) is 4.79 Å². The number of benzene rings is 1. The van der Waals surface area contributed by atoms with Crippen LogP contribution < -0.4 is 0 Å². The normalized spacial score (nSPS) is 16.4. The second-order valence-corrected chi connectivity index (χ2v) is 6.98. The third-order valence-electron chi connectivity index (χ3n) is 3.23. The molecule has 140 valence electrons. The maximum atomic E-state index is 12.4. The van der Waals surface area contributed by atoms with E-state index in [4.69, 9.17) is 33.1 Å². The molecule has 0 unspecified atom stereocenters. The van der Waals surface area contributed by atoms with Gasteiger partial charge in [0.15, 0.2) is 0 Å². The molecule has 1 aromatic rings. The number of thioether (sulfide) groups is 1. The molecule has 1 heterocycles. The summed E-state index contributed by atoms with van der Waals surface area (Å²) in [7, 11) is 1.95. The van der Waals surface area contributed by atoms with E-state index in [9.17, 15) is 13.2 Å². The van der Waals surface area contributed by atoms with Crippen LogP contribution in [0.25, 0.3) is 0 Å². The van der Waals surface area contributed by atoms with Crippen LogP contribution in [-0.4, -0.2) is 47.8 Å². The van der Waals surface area contributed by atoms with Gasteiger partial charge in [-0.2, -0.15) is 13.2 Å². The van der Waals surface area contributed by atoms with Crippen molar-refractivity contribution in [2.24, 2.45) is 4.99 Å². The fraction of sp³-hybridized carbons (Fsp3) is 0.467. The predicted octanol–water partition coefficient (Wildman–Crippen LogP) is 5.49. The number of nitrogens with zero attached hydrogens (tertiary/aromatic N) is 2. The number of hydrogen-bond acceptors (Lipinski definition) is 3. The van der Waals surface area contributed by atoms with Crippen LogP contribution in [0, 0.1) is 0 Å². The molecule has 2 rings (SSSR count). The molecule has 1 aliphatic rings. The van der Waals surface area contributed by atoms with Gasteiger partial charge < -0.3 is 10.0 Å². The highest BCUT2D eigenvalue weighted by atomic mass is 35.5. The summed E-state index contributed by atoms with van der Waals surface area (Å²) in [5, 5.41) is 7.44. The summed E-state index contributed by atoms with van der Waals surface area (Å²) in [5.41, 5.74) is 0.458. The Hall–Kier alpha value is -1.12. The monoisotopic (exact) mass is 416 g/mol. The summed E-state index contributed by atoms with van der Waals surface area (Å²) in [5.74, 6) is -0.105. The Morgan fingerprint density at radius 2 is 1.96 bits per heavy atom. The van der Waals surface area contributed by atoms with Gasteiger partial charge in [-0.25, -0.2) is 4.99 Å². The van der Waals surface area contributed by atoms with Crippen molar-refractivity contribution < 1.29 is 23.1 Å². The van der Waals surface area contributed by atoms with Gasteiger partial charge in [0.1, 0.15) is 5.84 Å². The third kappa shape index (κ3) is 7.75. The van der Waals surface area contributed by atoms with Gasteiger partial charge in [0.2, 0.25) is 0 Å². The van der Waals surface area contributed by atoms with E-state index >= 15 is 0 Å². The van der Waals surface area contributed by atoms with Crippen molar-refractivity contribution >= 4 is 53.0 Å². The number of likely N-dealkylation sites (tertiary alicyclic amines) is 1. The quantitative estimate of drug-likeness (QED) is 0.522. The minimum absolute atomic E-state index is 0.209. The summed E-state index contributed by atoms with van der Waals surface area (Å²) in [6, 6.07) is 2.97. The van der Waals surface area contributed by atoms with E-state index in [1.807, 2.05) is 11.9 Å². The number of aliphatic imine (C=N–C) groups is 1. The largest absolute Gasteiger partial charge is 0.483 e. The lowest BCUT2D eigenvalue weighted by Crippen LogP contribution is -2.31. The van der Waals surface area contributed by atoms with Gasteiger partial charge >= 0.3 is 6.18 Å². The van der Waals surface area contributed by atoms with Crippen molar-refractivity contribution in [3.05, 3.63) is 22.2 Å². The van der Waals surface area contributed by atoms with Crippen molar-refractivity contribution in [1.82, 2.24) is 4.90 Å². The molecule has 0 saturated carbocycles. The number of alkyl halides is 3. The van der Waals surface area contributed by atoms with E-state index in [1.54, 1.807) is 0 Å². The first kappa shape index (κ1) is 21.9. The fourth-order valence-corrected chi connectivity index (χ4v) is 3.41. The fourth-order valence-electron chi connectivity index (χ4n) is 2.11. The molecule has 0 aromatic heterocycles. The van der Waals surface area contributed by atoms with Crippen molar-refractivity contribution in [3.63, 3.8) is 0 Å². The first-order chi connectivity index (χ1) is 11.7. The highest BCUT2D eigenvalue weighted by Gasteiger charge is 2.28. The van der Waals surface area contributed by atoms with Gasteiger partial charge in [0.25, 0.3) is 6.47 Å². The summed E-state index contributed by atoms with van der Waals surface area (Å²) in [6.45, 7) is 0.666. The smallest absolute Gasteiger partial charge is 0.398 e. The minimum Gasteiger partial charge on any atom is -0.483 e. The second-order valence-electron chi connectivity index (χ2n) is 5.15. The Morgan fingerprint density at radius 1 is 1.32 bits per heavy atom. The zero-order valence-electron chi connectivity index (χ0n) is 13.3. The van der Waals surface area contributed by atoms with Gasteiger partial charge in [-0.3, -0.25) is 4.79 Å². The number of carbonyl (C=O) groups is 1. The molecular formula is C15H17Cl2F3N2O2S. The molecule has 0 radical (unpaired) electrons. The average molecular weight is 417 g/mol. The topological polar surface area (TPSA) is 52.9 Å². The van der Waals surface area contributed by atoms with E-state index in [2.05, 4.69) is 4.99 Å². The summed E-state index contributed by atoms with van der Waals surface area (Å²) >= 11 is 12.7. The molecule has 1 N–H and O–H groups in total. The lowest BCUT2D eigenvalue weighted by atomic mass is 10.1. The summed E-state index contributed by atoms with van der Waals surface area (Å²) in [6.07, 6.45) is -1.26. The van der Waals surface area contributed by atoms with Crippen molar-refractivity contribution in [2.75, 3.05) is 19.3 Å². The maximum absolute atomic E-state index is 12.4. The molecule has 0 spiro atoms. The Balaban J connectivity index is 0.000000970. The molecule has 1 fully saturated rings. The molecule has 25 heavy (non-hydrogen) atoms. The van der Waals surface area contributed by atoms with E-state index < -0.39 is 11.9 Å². The van der Waals surface area contributed by atoms with E-state index in [-0.39, 0.29) is 11.5 Å². The average Bonchev–Trinajstić information content (AvgIpc) is 2.50. The highest BCUT2D eigenvalue weighted by molar-refractivity contribution is 7.99. The van der Waals surface area contributed by atoms with Crippen LogP contribution in [0.4, 0.5) is 18.9 Å². The lowest BCUT2D eigenvalue weighted by Gasteiger charge is -2.26. The molecule has 4 nitrogen and oxygen atoms in total. The standard InChI is InChI=1S/C14H15Cl2F3N2S.CH2O2/c1-21-5-3-2-4-13(21)20-11-7-12(10(16)6-9(11)15)22-8-14(17,18)19;2-1-3/h6-7H,2-5,8H2,1H3;1H,(H,2,3). The zero-order valence-corrected chi connectivity index (χ0v) is 15.6. The van der Waals surface area contributed by atoms with Crippen LogP contribution in [0.15, 0.2) is 22.0 Å². The first-order valence-corrected chi connectivity index (χ1v) is 8.97. The first-order valence-electron chi connectivity index (χ1n) is 7.23. The van der Waals surface area contributed by atoms with E-state index in [0.717, 1.165) is 31.6 Å². The molecule has 1 saturated heterocycles. The lowest BCUT2D eigenvalue weighted by molar-refractivity contribution is -0.122. The Morgan fingerprint density at radius 3 is 2.52 bits per heavy atom.